The van der Waals surface area contributed by atoms with Crippen LogP contribution in [0.5, 0.6) is 0 Å². The lowest BCUT2D eigenvalue weighted by molar-refractivity contribution is 0.567. The normalized spacial score (nSPS) is 13.4. The van der Waals surface area contributed by atoms with Gasteiger partial charge in [0.1, 0.15) is 5.82 Å². The summed E-state index contributed by atoms with van der Waals surface area (Å²) in [6, 6.07) is 9.99. The number of hydrogen-bond acceptors (Lipinski definition) is 5. The molecular weight excluding hydrogens is 264 g/mol. The molecule has 1 atom stereocenters. The highest BCUT2D eigenvalue weighted by Crippen LogP contribution is 2.18. The zero-order valence-corrected chi connectivity index (χ0v) is 12.4. The second kappa shape index (κ2) is 6.90. The summed E-state index contributed by atoms with van der Waals surface area (Å²) in [5.74, 6) is 12.6. The van der Waals surface area contributed by atoms with Crippen molar-refractivity contribution < 1.29 is 0 Å². The Balaban J connectivity index is 2.25. The number of anilines is 1. The lowest BCUT2D eigenvalue weighted by atomic mass is 10.0. The fourth-order valence-electron chi connectivity index (χ4n) is 2.28. The maximum atomic E-state index is 5.48. The smallest absolute Gasteiger partial charge is 0.158 e. The van der Waals surface area contributed by atoms with Gasteiger partial charge in [0.2, 0.25) is 0 Å². The highest BCUT2D eigenvalue weighted by Gasteiger charge is 2.17. The van der Waals surface area contributed by atoms with Gasteiger partial charge in [-0.25, -0.2) is 10.8 Å². The van der Waals surface area contributed by atoms with Gasteiger partial charge in [-0.15, -0.1) is 0 Å². The van der Waals surface area contributed by atoms with Gasteiger partial charge in [0.15, 0.2) is 5.84 Å². The molecule has 0 saturated carbocycles. The molecule has 2 aromatic rings. The Labute approximate surface area is 124 Å². The summed E-state index contributed by atoms with van der Waals surface area (Å²) in [5, 5.41) is 9.28. The lowest BCUT2D eigenvalue weighted by Gasteiger charge is -2.22. The molecule has 0 aliphatic rings. The highest BCUT2D eigenvalue weighted by atomic mass is 15.3. The molecule has 6 N–H and O–H groups in total. The number of benzene rings is 1. The Kier molecular flexibility index (Phi) is 4.94. The van der Waals surface area contributed by atoms with Crippen molar-refractivity contribution in [1.29, 1.82) is 0 Å². The Morgan fingerprint density at radius 3 is 2.62 bits per heavy atom. The van der Waals surface area contributed by atoms with Crippen LogP contribution in [0.25, 0.3) is 10.8 Å². The van der Waals surface area contributed by atoms with Crippen LogP contribution >= 0.6 is 0 Å². The average Bonchev–Trinajstić information content (AvgIpc) is 2.47. The molecule has 0 bridgehead atoms. The molecule has 1 unspecified atom stereocenters. The zero-order chi connectivity index (χ0) is 15.2. The first-order chi connectivity index (χ1) is 10.1. The number of fused-ring (bicyclic) bond motifs is 1. The number of aromatic nitrogens is 1. The molecule has 0 spiro atoms. The van der Waals surface area contributed by atoms with Gasteiger partial charge in [0.05, 0.1) is 6.04 Å². The van der Waals surface area contributed by atoms with E-state index in [2.05, 4.69) is 40.7 Å². The maximum Gasteiger partial charge on any atom is 0.158 e. The number of pyridine rings is 1. The summed E-state index contributed by atoms with van der Waals surface area (Å²) >= 11 is 0. The van der Waals surface area contributed by atoms with Crippen molar-refractivity contribution in [2.75, 3.05) is 5.32 Å². The molecule has 1 heterocycles. The Morgan fingerprint density at radius 2 is 2.00 bits per heavy atom. The molecule has 1 aromatic heterocycles. The summed E-state index contributed by atoms with van der Waals surface area (Å²) in [7, 11) is 0. The minimum Gasteiger partial charge on any atom is -0.360 e. The number of rotatable bonds is 5. The van der Waals surface area contributed by atoms with E-state index in [4.69, 9.17) is 11.7 Å². The molecule has 0 amide bonds. The standard InChI is InChI=1S/C15H22N6/c1-10(2)7-13(15(20-16)21-17)19-14-8-11-5-3-4-6-12(11)9-18-14/h3-6,8-10,13H,7,16-17H2,1-2H3,(H,18,19)(H,20,21). The van der Waals surface area contributed by atoms with E-state index in [1.54, 1.807) is 0 Å². The van der Waals surface area contributed by atoms with Crippen molar-refractivity contribution >= 4 is 22.4 Å². The molecule has 6 nitrogen and oxygen atoms in total. The van der Waals surface area contributed by atoms with Gasteiger partial charge in [0, 0.05) is 11.6 Å². The van der Waals surface area contributed by atoms with Crippen LogP contribution in [-0.2, 0) is 0 Å². The number of hydrazone groups is 1. The van der Waals surface area contributed by atoms with Crippen LogP contribution in [-0.4, -0.2) is 16.9 Å². The van der Waals surface area contributed by atoms with E-state index in [-0.39, 0.29) is 6.04 Å². The van der Waals surface area contributed by atoms with E-state index in [9.17, 15) is 0 Å². The van der Waals surface area contributed by atoms with Gasteiger partial charge in [-0.05, 0) is 23.8 Å². The maximum absolute atomic E-state index is 5.48. The monoisotopic (exact) mass is 286 g/mol. The third-order valence-electron chi connectivity index (χ3n) is 3.28. The Hall–Kier alpha value is -2.34. The van der Waals surface area contributed by atoms with Crippen molar-refractivity contribution in [3.05, 3.63) is 36.5 Å². The zero-order valence-electron chi connectivity index (χ0n) is 12.4. The van der Waals surface area contributed by atoms with Gasteiger partial charge in [0.25, 0.3) is 0 Å². The van der Waals surface area contributed by atoms with E-state index in [1.807, 2.05) is 30.5 Å². The van der Waals surface area contributed by atoms with E-state index in [1.165, 1.54) is 0 Å². The fraction of sp³-hybridized carbons (Fsp3) is 0.333. The molecule has 0 aliphatic heterocycles. The summed E-state index contributed by atoms with van der Waals surface area (Å²) in [5.41, 5.74) is 2.55. The van der Waals surface area contributed by atoms with Crippen LogP contribution in [0.4, 0.5) is 5.82 Å². The Bertz CT molecular complexity index is 622. The Morgan fingerprint density at radius 1 is 1.29 bits per heavy atom. The minimum atomic E-state index is -0.103. The van der Waals surface area contributed by atoms with Gasteiger partial charge < -0.3 is 16.6 Å². The van der Waals surface area contributed by atoms with Crippen molar-refractivity contribution in [3.63, 3.8) is 0 Å². The third-order valence-corrected chi connectivity index (χ3v) is 3.28. The first-order valence-electron chi connectivity index (χ1n) is 6.99. The van der Waals surface area contributed by atoms with Crippen LogP contribution < -0.4 is 22.4 Å². The lowest BCUT2D eigenvalue weighted by Crippen LogP contribution is -2.44. The van der Waals surface area contributed by atoms with E-state index in [0.717, 1.165) is 23.0 Å². The molecular formula is C15H22N6. The predicted octanol–water partition coefficient (Wildman–Crippen LogP) is 1.80. The first kappa shape index (κ1) is 15.1. The largest absolute Gasteiger partial charge is 0.360 e. The number of hydrazine groups is 1. The average molecular weight is 286 g/mol. The van der Waals surface area contributed by atoms with Crippen LogP contribution in [0.1, 0.15) is 20.3 Å². The molecule has 0 aliphatic carbocycles. The van der Waals surface area contributed by atoms with Gasteiger partial charge in [-0.1, -0.05) is 38.1 Å². The van der Waals surface area contributed by atoms with Crippen molar-refractivity contribution in [3.8, 4) is 0 Å². The van der Waals surface area contributed by atoms with Gasteiger partial charge in [-0.3, -0.25) is 0 Å². The first-order valence-corrected chi connectivity index (χ1v) is 6.99. The molecule has 1 aromatic carbocycles. The summed E-state index contributed by atoms with van der Waals surface area (Å²) in [6.45, 7) is 4.26. The van der Waals surface area contributed by atoms with E-state index >= 15 is 0 Å². The topological polar surface area (TPSA) is 101 Å². The summed E-state index contributed by atoms with van der Waals surface area (Å²) < 4.78 is 0. The van der Waals surface area contributed by atoms with Crippen LogP contribution in [0, 0.1) is 5.92 Å². The van der Waals surface area contributed by atoms with Crippen LogP contribution in [0.2, 0.25) is 0 Å². The van der Waals surface area contributed by atoms with Crippen LogP contribution in [0.3, 0.4) is 0 Å². The fourth-order valence-corrected chi connectivity index (χ4v) is 2.28. The minimum absolute atomic E-state index is 0.103. The molecule has 6 heteroatoms. The van der Waals surface area contributed by atoms with E-state index in [0.29, 0.717) is 11.8 Å². The number of nitrogens with one attached hydrogen (secondary N) is 2. The molecule has 2 rings (SSSR count). The number of nitrogens with zero attached hydrogens (tertiary/aromatic N) is 2. The molecule has 112 valence electrons. The third kappa shape index (κ3) is 3.82. The van der Waals surface area contributed by atoms with E-state index < -0.39 is 0 Å². The molecule has 0 radical (unpaired) electrons. The second-order valence-corrected chi connectivity index (χ2v) is 5.40. The van der Waals surface area contributed by atoms with Crippen molar-refractivity contribution in [2.45, 2.75) is 26.3 Å². The molecule has 0 saturated heterocycles. The highest BCUT2D eigenvalue weighted by molar-refractivity contribution is 5.90. The van der Waals surface area contributed by atoms with Crippen molar-refractivity contribution in [2.24, 2.45) is 22.7 Å². The summed E-state index contributed by atoms with van der Waals surface area (Å²) in [4.78, 5) is 4.43. The summed E-state index contributed by atoms with van der Waals surface area (Å²) in [6.07, 6.45) is 2.69. The number of nitrogens with two attached hydrogens (primary N) is 2. The SMILES string of the molecule is CC(C)CC(Nc1cc2ccccc2cn1)/C(=N/N)NN. The van der Waals surface area contributed by atoms with Gasteiger partial charge in [-0.2, -0.15) is 5.10 Å². The van der Waals surface area contributed by atoms with Crippen LogP contribution in [0.15, 0.2) is 41.6 Å². The number of amidine groups is 1. The van der Waals surface area contributed by atoms with Gasteiger partial charge >= 0.3 is 0 Å². The predicted molar refractivity (Wildman–Crippen MR) is 87.6 cm³/mol. The number of hydrogen-bond donors (Lipinski definition) is 4. The quantitative estimate of drug-likeness (QED) is 0.290. The van der Waals surface area contributed by atoms with Crippen molar-refractivity contribution in [1.82, 2.24) is 10.4 Å². The molecule has 21 heavy (non-hydrogen) atoms. The second-order valence-electron chi connectivity index (χ2n) is 5.40. The molecule has 0 fully saturated rings.